The molecular formula is C26H31ClF4N8O. The van der Waals surface area contributed by atoms with Crippen LogP contribution in [0, 0.1) is 12.7 Å². The molecule has 9 nitrogen and oxygen atoms in total. The summed E-state index contributed by atoms with van der Waals surface area (Å²) in [5, 5.41) is 7.46. The average molecular weight is 583 g/mol. The molecule has 4 heterocycles. The number of carbonyl (C=O) groups excluding carboxylic acids is 1. The van der Waals surface area contributed by atoms with Crippen molar-refractivity contribution in [1.29, 1.82) is 0 Å². The van der Waals surface area contributed by atoms with Gasteiger partial charge in [-0.15, -0.1) is 0 Å². The van der Waals surface area contributed by atoms with Crippen LogP contribution in [0.1, 0.15) is 31.4 Å². The lowest BCUT2D eigenvalue weighted by Crippen LogP contribution is -2.50. The number of aromatic nitrogens is 4. The SMILES string of the molecule is Cc1nn(CC(F)(F)F)c2nc(N3CCC(N(C)C(=O)C4CCCN4C)CC3)nc(Nc3ccc(Cl)cc3F)c12. The number of fused-ring (bicyclic) bond motifs is 1. The summed E-state index contributed by atoms with van der Waals surface area (Å²) in [6.07, 6.45) is -1.37. The van der Waals surface area contributed by atoms with E-state index in [9.17, 15) is 22.4 Å². The fraction of sp³-hybridized carbons (Fsp3) is 0.538. The number of likely N-dealkylation sites (tertiary alicyclic amines) is 1. The molecule has 5 rings (SSSR count). The number of carbonyl (C=O) groups is 1. The van der Waals surface area contributed by atoms with Crippen LogP contribution in [0.4, 0.5) is 35.0 Å². The molecule has 1 unspecified atom stereocenters. The molecule has 1 aromatic carbocycles. The van der Waals surface area contributed by atoms with E-state index in [1.165, 1.54) is 12.1 Å². The van der Waals surface area contributed by atoms with Gasteiger partial charge in [0.15, 0.2) is 5.65 Å². The van der Waals surface area contributed by atoms with Crippen molar-refractivity contribution < 1.29 is 22.4 Å². The zero-order chi connectivity index (χ0) is 28.8. The highest BCUT2D eigenvalue weighted by Gasteiger charge is 2.35. The molecule has 2 fully saturated rings. The molecule has 40 heavy (non-hydrogen) atoms. The van der Waals surface area contributed by atoms with E-state index in [0.29, 0.717) is 25.9 Å². The van der Waals surface area contributed by atoms with Crippen molar-refractivity contribution >= 4 is 46.0 Å². The van der Waals surface area contributed by atoms with Gasteiger partial charge in [-0.3, -0.25) is 9.69 Å². The Hall–Kier alpha value is -3.19. The maximum Gasteiger partial charge on any atom is 0.408 e. The van der Waals surface area contributed by atoms with Gasteiger partial charge in [0.2, 0.25) is 11.9 Å². The highest BCUT2D eigenvalue weighted by Crippen LogP contribution is 2.33. The standard InChI is InChI=1S/C26H31ClF4N8O/c1-15-21-22(32-19-7-6-16(27)13-18(19)28)33-25(34-23(21)39(35-15)14-26(29,30)31)38-11-8-17(9-12-38)37(3)24(40)20-5-4-10-36(20)2/h6-7,13,17,20H,4-5,8-12,14H2,1-3H3,(H,32,33,34). The Balaban J connectivity index is 1.43. The van der Waals surface area contributed by atoms with Gasteiger partial charge in [-0.1, -0.05) is 11.6 Å². The summed E-state index contributed by atoms with van der Waals surface area (Å²) in [7, 11) is 3.80. The predicted octanol–water partition coefficient (Wildman–Crippen LogP) is 4.75. The number of hydrogen-bond donors (Lipinski definition) is 1. The van der Waals surface area contributed by atoms with E-state index >= 15 is 0 Å². The van der Waals surface area contributed by atoms with Crippen LogP contribution in [0.15, 0.2) is 18.2 Å². The van der Waals surface area contributed by atoms with Gasteiger partial charge in [0, 0.05) is 31.2 Å². The number of aryl methyl sites for hydroxylation is 1. The third-order valence-corrected chi connectivity index (χ3v) is 7.95. The van der Waals surface area contributed by atoms with E-state index in [-0.39, 0.29) is 57.2 Å². The molecule has 1 amide bonds. The minimum absolute atomic E-state index is 0.00427. The number of alkyl halides is 3. The Labute approximate surface area is 234 Å². The second-order valence-electron chi connectivity index (χ2n) is 10.5. The normalized spacial score (nSPS) is 19.0. The number of nitrogens with zero attached hydrogens (tertiary/aromatic N) is 7. The van der Waals surface area contributed by atoms with Crippen molar-refractivity contribution in [2.24, 2.45) is 0 Å². The van der Waals surface area contributed by atoms with E-state index in [1.807, 2.05) is 23.9 Å². The Morgan fingerprint density at radius 1 is 1.18 bits per heavy atom. The molecule has 0 spiro atoms. The molecule has 0 radical (unpaired) electrons. The highest BCUT2D eigenvalue weighted by atomic mass is 35.5. The van der Waals surface area contributed by atoms with Crippen LogP contribution < -0.4 is 10.2 Å². The molecule has 216 valence electrons. The summed E-state index contributed by atoms with van der Waals surface area (Å²) in [6.45, 7) is 2.13. The second-order valence-corrected chi connectivity index (χ2v) is 10.9. The number of rotatable bonds is 6. The smallest absolute Gasteiger partial charge is 0.341 e. The zero-order valence-corrected chi connectivity index (χ0v) is 23.2. The number of nitrogens with one attached hydrogen (secondary N) is 1. The lowest BCUT2D eigenvalue weighted by Gasteiger charge is -2.38. The maximum absolute atomic E-state index is 14.6. The summed E-state index contributed by atoms with van der Waals surface area (Å²) in [5.41, 5.74) is 0.336. The Morgan fingerprint density at radius 3 is 2.52 bits per heavy atom. The summed E-state index contributed by atoms with van der Waals surface area (Å²) in [6, 6.07) is 3.99. The van der Waals surface area contributed by atoms with Gasteiger partial charge in [0.1, 0.15) is 18.2 Å². The van der Waals surface area contributed by atoms with Crippen molar-refractivity contribution in [2.75, 3.05) is 43.9 Å². The van der Waals surface area contributed by atoms with E-state index in [0.717, 1.165) is 30.1 Å². The first-order valence-corrected chi connectivity index (χ1v) is 13.5. The number of piperidine rings is 1. The summed E-state index contributed by atoms with van der Waals surface area (Å²) < 4.78 is 55.5. The predicted molar refractivity (Wildman–Crippen MR) is 144 cm³/mol. The van der Waals surface area contributed by atoms with Crippen LogP contribution in [0.3, 0.4) is 0 Å². The molecule has 1 atom stereocenters. The average Bonchev–Trinajstić information content (AvgIpc) is 3.46. The van der Waals surface area contributed by atoms with Crippen molar-refractivity contribution in [2.45, 2.75) is 57.4 Å². The number of benzene rings is 1. The zero-order valence-electron chi connectivity index (χ0n) is 22.5. The molecule has 1 N–H and O–H groups in total. The monoisotopic (exact) mass is 582 g/mol. The summed E-state index contributed by atoms with van der Waals surface area (Å²) in [5.74, 6) is -0.178. The lowest BCUT2D eigenvalue weighted by molar-refractivity contribution is -0.142. The third kappa shape index (κ3) is 5.80. The Morgan fingerprint density at radius 2 is 1.90 bits per heavy atom. The topological polar surface area (TPSA) is 82.4 Å². The van der Waals surface area contributed by atoms with Gasteiger partial charge in [0.05, 0.1) is 22.8 Å². The van der Waals surface area contributed by atoms with Crippen molar-refractivity contribution in [3.8, 4) is 0 Å². The van der Waals surface area contributed by atoms with E-state index in [2.05, 4.69) is 25.3 Å². The van der Waals surface area contributed by atoms with Gasteiger partial charge in [-0.25, -0.2) is 9.07 Å². The van der Waals surface area contributed by atoms with Crippen molar-refractivity contribution in [1.82, 2.24) is 29.5 Å². The van der Waals surface area contributed by atoms with Gasteiger partial charge in [-0.05, 0) is 64.4 Å². The van der Waals surface area contributed by atoms with E-state index in [4.69, 9.17) is 11.6 Å². The first-order chi connectivity index (χ1) is 18.9. The number of hydrogen-bond acceptors (Lipinski definition) is 7. The Kier molecular flexibility index (Phi) is 7.79. The van der Waals surface area contributed by atoms with E-state index < -0.39 is 18.5 Å². The van der Waals surface area contributed by atoms with Gasteiger partial charge in [-0.2, -0.15) is 28.2 Å². The minimum atomic E-state index is -4.52. The number of amides is 1. The molecule has 2 aliphatic heterocycles. The van der Waals surface area contributed by atoms with Crippen LogP contribution >= 0.6 is 11.6 Å². The van der Waals surface area contributed by atoms with Crippen LogP contribution in [0.25, 0.3) is 11.0 Å². The maximum atomic E-state index is 14.6. The van der Waals surface area contributed by atoms with Crippen LogP contribution in [0.2, 0.25) is 5.02 Å². The lowest BCUT2D eigenvalue weighted by atomic mass is 10.0. The molecule has 2 aliphatic rings. The summed E-state index contributed by atoms with van der Waals surface area (Å²) >= 11 is 5.88. The first-order valence-electron chi connectivity index (χ1n) is 13.2. The highest BCUT2D eigenvalue weighted by molar-refractivity contribution is 6.30. The molecule has 2 saturated heterocycles. The number of halogens is 5. The number of likely N-dealkylation sites (N-methyl/N-ethyl adjacent to an activating group) is 2. The molecule has 0 aliphatic carbocycles. The van der Waals surface area contributed by atoms with Gasteiger partial charge < -0.3 is 15.1 Å². The van der Waals surface area contributed by atoms with Crippen LogP contribution in [-0.2, 0) is 11.3 Å². The fourth-order valence-corrected chi connectivity index (χ4v) is 5.72. The largest absolute Gasteiger partial charge is 0.408 e. The van der Waals surface area contributed by atoms with Crippen molar-refractivity contribution in [3.05, 3.63) is 34.7 Å². The second kappa shape index (κ2) is 11.0. The van der Waals surface area contributed by atoms with Crippen LogP contribution in [-0.4, -0.2) is 87.4 Å². The van der Waals surface area contributed by atoms with Crippen LogP contribution in [0.5, 0.6) is 0 Å². The Bertz CT molecular complexity index is 1410. The molecule has 3 aromatic rings. The van der Waals surface area contributed by atoms with Gasteiger partial charge in [0.25, 0.3) is 0 Å². The first kappa shape index (κ1) is 28.3. The summed E-state index contributed by atoms with van der Waals surface area (Å²) in [4.78, 5) is 28.0. The molecule has 0 bridgehead atoms. The quantitative estimate of drug-likeness (QED) is 0.420. The van der Waals surface area contributed by atoms with Gasteiger partial charge >= 0.3 is 6.18 Å². The minimum Gasteiger partial charge on any atom is -0.341 e. The molecular weight excluding hydrogens is 552 g/mol. The van der Waals surface area contributed by atoms with Crippen molar-refractivity contribution in [3.63, 3.8) is 0 Å². The molecule has 2 aromatic heterocycles. The van der Waals surface area contributed by atoms with E-state index in [1.54, 1.807) is 6.92 Å². The number of anilines is 3. The molecule has 0 saturated carbocycles. The fourth-order valence-electron chi connectivity index (χ4n) is 5.56. The third-order valence-electron chi connectivity index (χ3n) is 7.72. The molecule has 14 heteroatoms.